The molecule has 1 aromatic rings. The van der Waals surface area contributed by atoms with Crippen molar-refractivity contribution in [3.63, 3.8) is 0 Å². The number of aromatic nitrogens is 2. The van der Waals surface area contributed by atoms with Crippen LogP contribution in [0, 0.1) is 5.41 Å². The lowest BCUT2D eigenvalue weighted by Crippen LogP contribution is -2.08. The summed E-state index contributed by atoms with van der Waals surface area (Å²) >= 11 is 5.07. The molecule has 0 atom stereocenters. The number of hydrogen-bond donors (Lipinski definition) is 2. The van der Waals surface area contributed by atoms with Gasteiger partial charge in [-0.15, -0.1) is 0 Å². The Bertz CT molecular complexity index is 303. The Morgan fingerprint density at radius 2 is 2.17 bits per heavy atom. The highest BCUT2D eigenvalue weighted by Crippen LogP contribution is 2.31. The second-order valence-corrected chi connectivity index (χ2v) is 2.35. The molecule has 0 aromatic carbocycles. The molecule has 0 saturated heterocycles. The molecule has 0 radical (unpaired) electrons. The van der Waals surface area contributed by atoms with Crippen LogP contribution in [0.5, 0.6) is 0 Å². The third kappa shape index (κ3) is 1.58. The molecule has 66 valence electrons. The van der Waals surface area contributed by atoms with E-state index in [0.29, 0.717) is 6.20 Å². The van der Waals surface area contributed by atoms with Gasteiger partial charge in [0.1, 0.15) is 16.4 Å². The minimum absolute atomic E-state index is 0.510. The largest absolute Gasteiger partial charge is 0.420 e. The zero-order valence-electron chi connectivity index (χ0n) is 5.54. The van der Waals surface area contributed by atoms with Crippen LogP contribution in [0.3, 0.4) is 0 Å². The second-order valence-electron chi connectivity index (χ2n) is 1.97. The summed E-state index contributed by atoms with van der Waals surface area (Å²) in [7, 11) is 0. The normalized spacial score (nSPS) is 11.7. The van der Waals surface area contributed by atoms with E-state index in [1.165, 1.54) is 0 Å². The Labute approximate surface area is 70.0 Å². The Morgan fingerprint density at radius 1 is 1.58 bits per heavy atom. The minimum atomic E-state index is -4.52. The van der Waals surface area contributed by atoms with E-state index in [1.54, 1.807) is 0 Å². The molecule has 12 heavy (non-hydrogen) atoms. The van der Waals surface area contributed by atoms with Gasteiger partial charge in [-0.3, -0.25) is 10.5 Å². The van der Waals surface area contributed by atoms with E-state index in [2.05, 4.69) is 5.10 Å². The zero-order valence-corrected chi connectivity index (χ0v) is 6.29. The Morgan fingerprint density at radius 3 is 2.50 bits per heavy atom. The van der Waals surface area contributed by atoms with Crippen molar-refractivity contribution in [1.29, 1.82) is 5.41 Å². The maximum Gasteiger partial charge on any atom is 0.420 e. The number of halogens is 4. The summed E-state index contributed by atoms with van der Waals surface area (Å²) < 4.78 is 36.1. The van der Waals surface area contributed by atoms with Crippen LogP contribution in [0.2, 0.25) is 0 Å². The van der Waals surface area contributed by atoms with E-state index in [0.717, 1.165) is 0 Å². The molecule has 0 aliphatic rings. The molecule has 3 nitrogen and oxygen atoms in total. The van der Waals surface area contributed by atoms with E-state index in [9.17, 15) is 13.2 Å². The summed E-state index contributed by atoms with van der Waals surface area (Å²) in [5.41, 5.74) is -1.54. The summed E-state index contributed by atoms with van der Waals surface area (Å²) in [6.45, 7) is 0. The quantitative estimate of drug-likeness (QED) is 0.665. The molecule has 0 amide bonds. The van der Waals surface area contributed by atoms with E-state index in [-0.39, 0.29) is 0 Å². The summed E-state index contributed by atoms with van der Waals surface area (Å²) in [5, 5.41) is 11.2. The van der Waals surface area contributed by atoms with Gasteiger partial charge in [0.05, 0.1) is 6.20 Å². The van der Waals surface area contributed by atoms with E-state index >= 15 is 0 Å². The summed E-state index contributed by atoms with van der Waals surface area (Å²) in [4.78, 5) is 0. The number of aromatic amines is 1. The van der Waals surface area contributed by atoms with Crippen molar-refractivity contribution in [3.8, 4) is 0 Å². The van der Waals surface area contributed by atoms with Crippen LogP contribution in [0.25, 0.3) is 0 Å². The molecular formula is C5H3ClF3N3. The van der Waals surface area contributed by atoms with Crippen molar-refractivity contribution < 1.29 is 13.2 Å². The molecule has 1 aromatic heterocycles. The SMILES string of the molecule is N=C(Cl)c1[nH]ncc1C(F)(F)F. The highest BCUT2D eigenvalue weighted by molar-refractivity contribution is 6.68. The van der Waals surface area contributed by atoms with Crippen molar-refractivity contribution in [3.05, 3.63) is 17.5 Å². The number of rotatable bonds is 1. The fraction of sp³-hybridized carbons (Fsp3) is 0.200. The Balaban J connectivity index is 3.17. The highest BCUT2D eigenvalue weighted by atomic mass is 35.5. The third-order valence-electron chi connectivity index (χ3n) is 1.16. The average Bonchev–Trinajstić information content (AvgIpc) is 2.30. The van der Waals surface area contributed by atoms with Gasteiger partial charge >= 0.3 is 6.18 Å². The molecule has 2 N–H and O–H groups in total. The fourth-order valence-electron chi connectivity index (χ4n) is 0.668. The zero-order chi connectivity index (χ0) is 9.35. The fourth-order valence-corrected chi connectivity index (χ4v) is 0.812. The minimum Gasteiger partial charge on any atom is -0.287 e. The lowest BCUT2D eigenvalue weighted by molar-refractivity contribution is -0.137. The molecule has 0 aliphatic heterocycles. The van der Waals surface area contributed by atoms with Crippen LogP contribution in [-0.4, -0.2) is 15.4 Å². The lowest BCUT2D eigenvalue weighted by Gasteiger charge is -2.03. The van der Waals surface area contributed by atoms with Crippen LogP contribution >= 0.6 is 11.6 Å². The van der Waals surface area contributed by atoms with Gasteiger partial charge in [0.2, 0.25) is 0 Å². The van der Waals surface area contributed by atoms with Gasteiger partial charge in [0.25, 0.3) is 0 Å². The predicted octanol–water partition coefficient (Wildman–Crippen LogP) is 1.99. The van der Waals surface area contributed by atoms with Gasteiger partial charge in [-0.1, -0.05) is 11.6 Å². The maximum atomic E-state index is 12.0. The third-order valence-corrected chi connectivity index (χ3v) is 1.35. The molecule has 1 heterocycles. The Kier molecular flexibility index (Phi) is 2.10. The second kappa shape index (κ2) is 2.78. The lowest BCUT2D eigenvalue weighted by atomic mass is 10.2. The number of hydrogen-bond acceptors (Lipinski definition) is 2. The molecule has 1 rings (SSSR count). The van der Waals surface area contributed by atoms with Gasteiger partial charge in [-0.25, -0.2) is 0 Å². The summed E-state index contributed by atoms with van der Waals surface area (Å²) in [6.07, 6.45) is -3.93. The first kappa shape index (κ1) is 9.05. The maximum absolute atomic E-state index is 12.0. The molecule has 0 unspecified atom stereocenters. The van der Waals surface area contributed by atoms with E-state index < -0.39 is 22.6 Å². The standard InChI is InChI=1S/C5H3ClF3N3/c6-4(10)3-2(1-11-12-3)5(7,8)9/h1,10H,(H,11,12). The van der Waals surface area contributed by atoms with Crippen LogP contribution in [-0.2, 0) is 6.18 Å². The van der Waals surface area contributed by atoms with Crippen molar-refractivity contribution in [1.82, 2.24) is 10.2 Å². The molecular weight excluding hydrogens is 195 g/mol. The van der Waals surface area contributed by atoms with Crippen LogP contribution < -0.4 is 0 Å². The molecule has 7 heteroatoms. The van der Waals surface area contributed by atoms with Crippen molar-refractivity contribution in [2.75, 3.05) is 0 Å². The molecule has 0 spiro atoms. The first-order chi connectivity index (χ1) is 5.43. The number of H-pyrrole nitrogens is 1. The van der Waals surface area contributed by atoms with Crippen molar-refractivity contribution in [2.24, 2.45) is 0 Å². The van der Waals surface area contributed by atoms with Crippen molar-refractivity contribution in [2.45, 2.75) is 6.18 Å². The number of alkyl halides is 3. The molecule has 0 fully saturated rings. The topological polar surface area (TPSA) is 52.5 Å². The average molecular weight is 198 g/mol. The van der Waals surface area contributed by atoms with Crippen LogP contribution in [0.1, 0.15) is 11.3 Å². The molecule has 0 saturated carbocycles. The monoisotopic (exact) mass is 197 g/mol. The van der Waals surface area contributed by atoms with Gasteiger partial charge in [-0.2, -0.15) is 18.3 Å². The van der Waals surface area contributed by atoms with Gasteiger partial charge < -0.3 is 0 Å². The number of nitrogens with zero attached hydrogens (tertiary/aromatic N) is 1. The summed E-state index contributed by atoms with van der Waals surface area (Å²) in [5.74, 6) is 0. The summed E-state index contributed by atoms with van der Waals surface area (Å²) in [6, 6.07) is 0. The van der Waals surface area contributed by atoms with Gasteiger partial charge in [0.15, 0.2) is 0 Å². The van der Waals surface area contributed by atoms with Crippen LogP contribution in [0.4, 0.5) is 13.2 Å². The van der Waals surface area contributed by atoms with Gasteiger partial charge in [0, 0.05) is 0 Å². The van der Waals surface area contributed by atoms with Crippen LogP contribution in [0.15, 0.2) is 6.20 Å². The smallest absolute Gasteiger partial charge is 0.287 e. The van der Waals surface area contributed by atoms with Gasteiger partial charge in [-0.05, 0) is 0 Å². The molecule has 0 bridgehead atoms. The Hall–Kier alpha value is -1.04. The van der Waals surface area contributed by atoms with E-state index in [4.69, 9.17) is 17.0 Å². The van der Waals surface area contributed by atoms with E-state index in [1.807, 2.05) is 5.10 Å². The first-order valence-corrected chi connectivity index (χ1v) is 3.15. The highest BCUT2D eigenvalue weighted by Gasteiger charge is 2.35. The number of nitrogens with one attached hydrogen (secondary N) is 2. The molecule has 0 aliphatic carbocycles. The first-order valence-electron chi connectivity index (χ1n) is 2.78. The van der Waals surface area contributed by atoms with Crippen molar-refractivity contribution >= 4 is 16.8 Å². The predicted molar refractivity (Wildman–Crippen MR) is 36.3 cm³/mol.